The fourth-order valence-electron chi connectivity index (χ4n) is 2.93. The summed E-state index contributed by atoms with van der Waals surface area (Å²) >= 11 is 0. The van der Waals surface area contributed by atoms with Gasteiger partial charge in [0.15, 0.2) is 0 Å². The number of fused-ring (bicyclic) bond motifs is 1. The van der Waals surface area contributed by atoms with Gasteiger partial charge in [0.2, 0.25) is 0 Å². The minimum absolute atomic E-state index is 0.159. The molecule has 1 aromatic rings. The smallest absolute Gasteiger partial charge is 0.123 e. The lowest BCUT2D eigenvalue weighted by Crippen LogP contribution is -2.22. The van der Waals surface area contributed by atoms with Crippen LogP contribution in [-0.2, 0) is 11.8 Å². The molecule has 0 saturated heterocycles. The fraction of sp³-hybridized carbons (Fsp3) is 0.684. The van der Waals surface area contributed by atoms with E-state index in [9.17, 15) is 0 Å². The Hall–Kier alpha value is -1.02. The van der Waals surface area contributed by atoms with E-state index in [1.165, 1.54) is 24.0 Å². The van der Waals surface area contributed by atoms with Crippen LogP contribution in [0.4, 0.5) is 0 Å². The van der Waals surface area contributed by atoms with E-state index in [1.54, 1.807) is 0 Å². The van der Waals surface area contributed by atoms with Crippen molar-refractivity contribution in [2.45, 2.75) is 59.3 Å². The molecule has 2 nitrogen and oxygen atoms in total. The van der Waals surface area contributed by atoms with Crippen LogP contribution in [0.5, 0.6) is 5.75 Å². The zero-order valence-corrected chi connectivity index (χ0v) is 14.4. The first-order chi connectivity index (χ1) is 9.84. The average molecular weight is 289 g/mol. The molecular weight excluding hydrogens is 258 g/mol. The second-order valence-electron chi connectivity index (χ2n) is 7.77. The summed E-state index contributed by atoms with van der Waals surface area (Å²) in [6.45, 7) is 14.5. The van der Waals surface area contributed by atoms with E-state index >= 15 is 0 Å². The highest BCUT2D eigenvalue weighted by molar-refractivity contribution is 5.45. The van der Waals surface area contributed by atoms with E-state index in [0.29, 0.717) is 5.41 Å². The molecule has 0 bridgehead atoms. The van der Waals surface area contributed by atoms with E-state index in [2.05, 4.69) is 58.1 Å². The van der Waals surface area contributed by atoms with Crippen LogP contribution in [-0.4, -0.2) is 19.7 Å². The number of ether oxygens (including phenoxy) is 1. The van der Waals surface area contributed by atoms with Crippen LogP contribution in [0.2, 0.25) is 0 Å². The van der Waals surface area contributed by atoms with Crippen molar-refractivity contribution in [3.8, 4) is 5.75 Å². The van der Waals surface area contributed by atoms with Crippen LogP contribution in [0.3, 0.4) is 0 Å². The maximum absolute atomic E-state index is 5.77. The first-order valence-corrected chi connectivity index (χ1v) is 8.31. The van der Waals surface area contributed by atoms with Crippen LogP contribution < -0.4 is 10.1 Å². The van der Waals surface area contributed by atoms with Crippen molar-refractivity contribution in [1.29, 1.82) is 0 Å². The molecule has 0 fully saturated rings. The molecule has 1 aliphatic heterocycles. The highest BCUT2D eigenvalue weighted by atomic mass is 16.5. The third-order valence-electron chi connectivity index (χ3n) is 4.68. The lowest BCUT2D eigenvalue weighted by atomic mass is 9.81. The van der Waals surface area contributed by atoms with Crippen LogP contribution in [0, 0.1) is 5.41 Å². The van der Waals surface area contributed by atoms with Gasteiger partial charge in [-0.2, -0.15) is 0 Å². The van der Waals surface area contributed by atoms with Gasteiger partial charge in [0.05, 0.1) is 6.61 Å². The van der Waals surface area contributed by atoms with Gasteiger partial charge in [-0.1, -0.05) is 46.8 Å². The topological polar surface area (TPSA) is 21.3 Å². The lowest BCUT2D eigenvalue weighted by molar-refractivity contribution is 0.291. The third kappa shape index (κ3) is 4.23. The first-order valence-electron chi connectivity index (χ1n) is 8.31. The molecule has 1 N–H and O–H groups in total. The summed E-state index contributed by atoms with van der Waals surface area (Å²) in [6, 6.07) is 6.76. The average Bonchev–Trinajstić information content (AvgIpc) is 2.73. The molecule has 0 radical (unpaired) electrons. The van der Waals surface area contributed by atoms with Crippen molar-refractivity contribution in [2.75, 3.05) is 19.7 Å². The summed E-state index contributed by atoms with van der Waals surface area (Å²) in [5.41, 5.74) is 3.38. The molecule has 1 aromatic carbocycles. The SMILES string of the molecule is CCNCCC(C)(C)CCc1ccc2c(c1)C(C)(C)CO2. The van der Waals surface area contributed by atoms with Gasteiger partial charge in [0, 0.05) is 11.0 Å². The zero-order valence-electron chi connectivity index (χ0n) is 14.4. The quantitative estimate of drug-likeness (QED) is 0.755. The molecule has 0 atom stereocenters. The molecule has 0 spiro atoms. The molecule has 2 rings (SSSR count). The summed E-state index contributed by atoms with van der Waals surface area (Å²) in [5.74, 6) is 1.08. The van der Waals surface area contributed by atoms with Crippen LogP contribution >= 0.6 is 0 Å². The summed E-state index contributed by atoms with van der Waals surface area (Å²) < 4.78 is 5.77. The maximum atomic E-state index is 5.77. The Morgan fingerprint density at radius 3 is 2.71 bits per heavy atom. The van der Waals surface area contributed by atoms with Crippen molar-refractivity contribution in [1.82, 2.24) is 5.32 Å². The number of aryl methyl sites for hydroxylation is 1. The molecular formula is C19H31NO. The van der Waals surface area contributed by atoms with Gasteiger partial charge in [0.1, 0.15) is 5.75 Å². The summed E-state index contributed by atoms with van der Waals surface area (Å²) in [4.78, 5) is 0. The largest absolute Gasteiger partial charge is 0.492 e. The van der Waals surface area contributed by atoms with Crippen molar-refractivity contribution in [3.05, 3.63) is 29.3 Å². The molecule has 0 aromatic heterocycles. The van der Waals surface area contributed by atoms with E-state index in [-0.39, 0.29) is 5.41 Å². The third-order valence-corrected chi connectivity index (χ3v) is 4.68. The molecule has 0 amide bonds. The number of rotatable bonds is 7. The highest BCUT2D eigenvalue weighted by Crippen LogP contribution is 2.39. The molecule has 21 heavy (non-hydrogen) atoms. The lowest BCUT2D eigenvalue weighted by Gasteiger charge is -2.25. The van der Waals surface area contributed by atoms with Gasteiger partial charge in [-0.05, 0) is 49.4 Å². The number of hydrogen-bond acceptors (Lipinski definition) is 2. The molecule has 1 aliphatic rings. The highest BCUT2D eigenvalue weighted by Gasteiger charge is 2.31. The predicted molar refractivity (Wildman–Crippen MR) is 90.2 cm³/mol. The Balaban J connectivity index is 1.95. The molecule has 1 heterocycles. The zero-order chi connectivity index (χ0) is 15.5. The Morgan fingerprint density at radius 1 is 1.24 bits per heavy atom. The minimum atomic E-state index is 0.159. The molecule has 2 heteroatoms. The first kappa shape index (κ1) is 16.4. The Morgan fingerprint density at radius 2 is 2.00 bits per heavy atom. The Kier molecular flexibility index (Phi) is 4.98. The van der Waals surface area contributed by atoms with Crippen LogP contribution in [0.15, 0.2) is 18.2 Å². The van der Waals surface area contributed by atoms with Gasteiger partial charge in [-0.3, -0.25) is 0 Å². The monoisotopic (exact) mass is 289 g/mol. The van der Waals surface area contributed by atoms with Gasteiger partial charge >= 0.3 is 0 Å². The van der Waals surface area contributed by atoms with E-state index in [0.717, 1.165) is 31.9 Å². The molecule has 0 aliphatic carbocycles. The van der Waals surface area contributed by atoms with Gasteiger partial charge in [0.25, 0.3) is 0 Å². The van der Waals surface area contributed by atoms with Crippen LogP contribution in [0.1, 0.15) is 58.6 Å². The van der Waals surface area contributed by atoms with Gasteiger partial charge < -0.3 is 10.1 Å². The van der Waals surface area contributed by atoms with Crippen molar-refractivity contribution >= 4 is 0 Å². The van der Waals surface area contributed by atoms with Crippen LogP contribution in [0.25, 0.3) is 0 Å². The van der Waals surface area contributed by atoms with Gasteiger partial charge in [-0.25, -0.2) is 0 Å². The Labute approximate surface area is 130 Å². The van der Waals surface area contributed by atoms with Gasteiger partial charge in [-0.15, -0.1) is 0 Å². The number of nitrogens with one attached hydrogen (secondary N) is 1. The van der Waals surface area contributed by atoms with E-state index < -0.39 is 0 Å². The normalized spacial score (nSPS) is 16.6. The standard InChI is InChI=1S/C19H31NO/c1-6-20-12-11-18(2,3)10-9-15-7-8-17-16(13-15)19(4,5)14-21-17/h7-8,13,20H,6,9-12,14H2,1-5H3. The number of benzene rings is 1. The van der Waals surface area contributed by atoms with Crippen molar-refractivity contribution in [2.24, 2.45) is 5.41 Å². The summed E-state index contributed by atoms with van der Waals surface area (Å²) in [7, 11) is 0. The fourth-order valence-corrected chi connectivity index (χ4v) is 2.93. The second kappa shape index (κ2) is 6.39. The van der Waals surface area contributed by atoms with Crippen molar-refractivity contribution < 1.29 is 4.74 Å². The van der Waals surface area contributed by atoms with E-state index in [4.69, 9.17) is 4.74 Å². The predicted octanol–water partition coefficient (Wildman–Crippen LogP) is 4.32. The second-order valence-corrected chi connectivity index (χ2v) is 7.77. The summed E-state index contributed by atoms with van der Waals surface area (Å²) in [5, 5.41) is 3.43. The molecule has 118 valence electrons. The molecule has 0 saturated carbocycles. The number of hydrogen-bond donors (Lipinski definition) is 1. The molecule has 0 unspecified atom stereocenters. The minimum Gasteiger partial charge on any atom is -0.492 e. The van der Waals surface area contributed by atoms with E-state index in [1.807, 2.05) is 0 Å². The summed E-state index contributed by atoms with van der Waals surface area (Å²) in [6.07, 6.45) is 3.63. The Bertz CT molecular complexity index is 476. The van der Waals surface area contributed by atoms with Crippen molar-refractivity contribution in [3.63, 3.8) is 0 Å². The maximum Gasteiger partial charge on any atom is 0.123 e.